The van der Waals surface area contributed by atoms with E-state index in [0.717, 1.165) is 12.8 Å². The molecule has 1 aromatic rings. The maximum absolute atomic E-state index is 14.6. The second kappa shape index (κ2) is 8.77. The van der Waals surface area contributed by atoms with Gasteiger partial charge in [0.15, 0.2) is 0 Å². The molecule has 1 unspecified atom stereocenters. The Kier molecular flexibility index (Phi) is 6.39. The highest BCUT2D eigenvalue weighted by Crippen LogP contribution is 2.30. The fourth-order valence-electron chi connectivity index (χ4n) is 3.61. The molecule has 1 saturated heterocycles. The van der Waals surface area contributed by atoms with Gasteiger partial charge in [-0.2, -0.15) is 0 Å². The Morgan fingerprint density at radius 3 is 2.71 bits per heavy atom. The number of piperidine rings is 1. The first-order valence-electron chi connectivity index (χ1n) is 9.84. The van der Waals surface area contributed by atoms with Crippen molar-refractivity contribution < 1.29 is 23.8 Å². The zero-order valence-electron chi connectivity index (χ0n) is 16.4. The van der Waals surface area contributed by atoms with Crippen molar-refractivity contribution in [1.82, 2.24) is 9.80 Å². The average Bonchev–Trinajstić information content (AvgIpc) is 2.82. The number of carbonyl (C=O) groups is 2. The van der Waals surface area contributed by atoms with Gasteiger partial charge in [-0.25, -0.2) is 4.39 Å². The van der Waals surface area contributed by atoms with Crippen molar-refractivity contribution >= 4 is 17.5 Å². The van der Waals surface area contributed by atoms with Crippen molar-refractivity contribution in [2.45, 2.75) is 45.3 Å². The molecule has 8 heteroatoms. The molecule has 1 fully saturated rings. The van der Waals surface area contributed by atoms with Gasteiger partial charge in [-0.15, -0.1) is 0 Å². The maximum atomic E-state index is 14.6. The molecule has 2 aliphatic heterocycles. The highest BCUT2D eigenvalue weighted by atomic mass is 19.1. The summed E-state index contributed by atoms with van der Waals surface area (Å²) in [6, 6.07) is 2.78. The van der Waals surface area contributed by atoms with Crippen molar-refractivity contribution in [2.75, 3.05) is 38.1 Å². The number of benzene rings is 1. The van der Waals surface area contributed by atoms with Crippen LogP contribution in [-0.2, 0) is 4.79 Å². The van der Waals surface area contributed by atoms with Crippen LogP contribution in [0.25, 0.3) is 0 Å². The quantitative estimate of drug-likeness (QED) is 0.798. The minimum absolute atomic E-state index is 0.0305. The Labute approximate surface area is 164 Å². The molecule has 3 rings (SSSR count). The number of nitrogens with zero attached hydrogens (tertiary/aromatic N) is 2. The van der Waals surface area contributed by atoms with Crippen molar-refractivity contribution in [3.05, 3.63) is 23.5 Å². The number of hydrogen-bond donors (Lipinski definition) is 2. The van der Waals surface area contributed by atoms with Gasteiger partial charge >= 0.3 is 0 Å². The first kappa shape index (κ1) is 20.4. The van der Waals surface area contributed by atoms with Crippen LogP contribution in [0.5, 0.6) is 5.75 Å². The molecule has 0 saturated carbocycles. The van der Waals surface area contributed by atoms with E-state index in [9.17, 15) is 19.1 Å². The van der Waals surface area contributed by atoms with Crippen molar-refractivity contribution in [3.63, 3.8) is 0 Å². The van der Waals surface area contributed by atoms with Crippen molar-refractivity contribution in [2.24, 2.45) is 0 Å². The van der Waals surface area contributed by atoms with Gasteiger partial charge in [-0.1, -0.05) is 6.92 Å². The molecule has 2 aliphatic rings. The average molecular weight is 393 g/mol. The minimum Gasteiger partial charge on any atom is -0.491 e. The number of β-amino-alcohol motifs (C(OH)–C–C–N with tert-alkyl or cyclic N) is 1. The first-order valence-corrected chi connectivity index (χ1v) is 9.84. The van der Waals surface area contributed by atoms with E-state index in [1.807, 2.05) is 6.92 Å². The highest BCUT2D eigenvalue weighted by Gasteiger charge is 2.28. The summed E-state index contributed by atoms with van der Waals surface area (Å²) >= 11 is 0. The van der Waals surface area contributed by atoms with Gasteiger partial charge in [0, 0.05) is 38.7 Å². The Balaban J connectivity index is 1.75. The van der Waals surface area contributed by atoms with Gasteiger partial charge in [-0.05, 0) is 25.3 Å². The molecule has 2 N–H and O–H groups in total. The molecule has 0 radical (unpaired) electrons. The van der Waals surface area contributed by atoms with Crippen molar-refractivity contribution in [3.8, 4) is 5.75 Å². The van der Waals surface area contributed by atoms with Gasteiger partial charge in [-0.3, -0.25) is 9.59 Å². The van der Waals surface area contributed by atoms with Crippen LogP contribution in [0.15, 0.2) is 12.1 Å². The van der Waals surface area contributed by atoms with E-state index in [4.69, 9.17) is 4.74 Å². The second-order valence-electron chi connectivity index (χ2n) is 7.41. The lowest BCUT2D eigenvalue weighted by Gasteiger charge is -2.32. The fourth-order valence-corrected chi connectivity index (χ4v) is 3.61. The summed E-state index contributed by atoms with van der Waals surface area (Å²) in [6.45, 7) is 5.48. The molecule has 1 atom stereocenters. The summed E-state index contributed by atoms with van der Waals surface area (Å²) in [5.41, 5.74) is 0.556. The Morgan fingerprint density at radius 1 is 1.36 bits per heavy atom. The predicted molar refractivity (Wildman–Crippen MR) is 103 cm³/mol. The molecule has 0 bridgehead atoms. The van der Waals surface area contributed by atoms with E-state index < -0.39 is 11.9 Å². The minimum atomic E-state index is -0.602. The number of aliphatic hydroxyl groups excluding tert-OH is 1. The van der Waals surface area contributed by atoms with Crippen LogP contribution in [0.2, 0.25) is 0 Å². The van der Waals surface area contributed by atoms with Crippen LogP contribution in [-0.4, -0.2) is 71.7 Å². The zero-order chi connectivity index (χ0) is 20.3. The lowest BCUT2D eigenvalue weighted by Crippen LogP contribution is -2.41. The topological polar surface area (TPSA) is 82.1 Å². The zero-order valence-corrected chi connectivity index (χ0v) is 16.4. The van der Waals surface area contributed by atoms with Crippen LogP contribution in [0, 0.1) is 5.82 Å². The van der Waals surface area contributed by atoms with Gasteiger partial charge < -0.3 is 25.0 Å². The molecule has 0 aromatic heterocycles. The number of aliphatic hydroxyl groups is 1. The third kappa shape index (κ3) is 4.55. The Bertz CT molecular complexity index is 734. The normalized spacial score (nSPS) is 18.9. The van der Waals surface area contributed by atoms with Crippen LogP contribution in [0.3, 0.4) is 0 Å². The molecule has 2 amide bonds. The van der Waals surface area contributed by atoms with Crippen LogP contribution in [0.4, 0.5) is 10.1 Å². The van der Waals surface area contributed by atoms with E-state index in [2.05, 4.69) is 5.32 Å². The second-order valence-corrected chi connectivity index (χ2v) is 7.41. The van der Waals surface area contributed by atoms with E-state index in [1.54, 1.807) is 16.7 Å². The molecule has 154 valence electrons. The monoisotopic (exact) mass is 393 g/mol. The molecule has 0 aliphatic carbocycles. The number of rotatable bonds is 5. The summed E-state index contributed by atoms with van der Waals surface area (Å²) < 4.78 is 20.2. The third-order valence-electron chi connectivity index (χ3n) is 5.41. The first-order chi connectivity index (χ1) is 13.4. The number of likely N-dealkylation sites (tertiary alicyclic amines) is 1. The van der Waals surface area contributed by atoms with E-state index in [0.29, 0.717) is 31.6 Å². The Hall–Kier alpha value is -2.35. The molecule has 7 nitrogen and oxygen atoms in total. The number of anilines is 1. The summed E-state index contributed by atoms with van der Waals surface area (Å²) in [5, 5.41) is 13.1. The summed E-state index contributed by atoms with van der Waals surface area (Å²) in [7, 11) is 0. The lowest BCUT2D eigenvalue weighted by atomic mass is 10.0. The van der Waals surface area contributed by atoms with Gasteiger partial charge in [0.05, 0.1) is 23.9 Å². The number of halogens is 1. The number of carbonyl (C=O) groups excluding carboxylic acids is 2. The summed E-state index contributed by atoms with van der Waals surface area (Å²) in [4.78, 5) is 27.7. The molecule has 1 aromatic carbocycles. The highest BCUT2D eigenvalue weighted by molar-refractivity contribution is 5.98. The maximum Gasteiger partial charge on any atom is 0.257 e. The standard InChI is InChI=1S/C20H28FN3O4/c1-3-15(26)12-24-8-9-28-19-11-17(21)18(10-16(19)20(24)27)22-14-4-6-23(7-5-14)13(2)25/h10-11,14-15,22,26H,3-9,12H2,1-2H3. The summed E-state index contributed by atoms with van der Waals surface area (Å²) in [6.07, 6.45) is 1.38. The number of fused-ring (bicyclic) bond motifs is 1. The van der Waals surface area contributed by atoms with Crippen LogP contribution < -0.4 is 10.1 Å². The predicted octanol–water partition coefficient (Wildman–Crippen LogP) is 1.85. The lowest BCUT2D eigenvalue weighted by molar-refractivity contribution is -0.129. The molecule has 0 spiro atoms. The number of nitrogens with one attached hydrogen (secondary N) is 1. The van der Waals surface area contributed by atoms with Gasteiger partial charge in [0.1, 0.15) is 18.2 Å². The largest absolute Gasteiger partial charge is 0.491 e. The van der Waals surface area contributed by atoms with E-state index >= 15 is 0 Å². The smallest absolute Gasteiger partial charge is 0.257 e. The third-order valence-corrected chi connectivity index (χ3v) is 5.41. The van der Waals surface area contributed by atoms with Crippen LogP contribution in [0.1, 0.15) is 43.5 Å². The SMILES string of the molecule is CCC(O)CN1CCOc2cc(F)c(NC3CCN(C(C)=O)CC3)cc2C1=O. The molecular formula is C20H28FN3O4. The Morgan fingerprint density at radius 2 is 2.07 bits per heavy atom. The van der Waals surface area contributed by atoms with Crippen LogP contribution >= 0.6 is 0 Å². The molecule has 28 heavy (non-hydrogen) atoms. The van der Waals surface area contributed by atoms with Gasteiger partial charge in [0.2, 0.25) is 5.91 Å². The summed E-state index contributed by atoms with van der Waals surface area (Å²) in [5.74, 6) is -0.461. The van der Waals surface area contributed by atoms with Crippen molar-refractivity contribution in [1.29, 1.82) is 0 Å². The molecule has 2 heterocycles. The molecular weight excluding hydrogens is 365 g/mol. The van der Waals surface area contributed by atoms with E-state index in [-0.39, 0.29) is 42.4 Å². The van der Waals surface area contributed by atoms with E-state index in [1.165, 1.54) is 12.1 Å². The van der Waals surface area contributed by atoms with Gasteiger partial charge in [0.25, 0.3) is 5.91 Å². The fraction of sp³-hybridized carbons (Fsp3) is 0.600. The number of ether oxygens (including phenoxy) is 1. The number of hydrogen-bond acceptors (Lipinski definition) is 5. The number of amides is 2.